The van der Waals surface area contributed by atoms with Crippen molar-refractivity contribution in [3.63, 3.8) is 0 Å². The van der Waals surface area contributed by atoms with Gasteiger partial charge in [0.1, 0.15) is 0 Å². The van der Waals surface area contributed by atoms with Gasteiger partial charge in [0.05, 0.1) is 0 Å². The van der Waals surface area contributed by atoms with Crippen molar-refractivity contribution in [3.05, 3.63) is 0 Å². The molecule has 1 N–H and O–H groups in total. The zero-order valence-corrected chi connectivity index (χ0v) is 14.2. The molecule has 0 atom stereocenters. The molecular weight excluding hydrogens is 287 g/mol. The van der Waals surface area contributed by atoms with Crippen molar-refractivity contribution >= 4 is 15.0 Å². The summed E-state index contributed by atoms with van der Waals surface area (Å²) >= 11 is 0.716. The molecule has 0 unspecified atom stereocenters. The molecule has 0 rings (SSSR count). The standard InChI is InChI=1S/C16H34OSe/c1-2-3-4-5-6-7-8-9-10-11-12-13-15-18-16-14-17/h17H,2-16H2,1H3. The first-order valence-electron chi connectivity index (χ1n) is 8.10. The SMILES string of the molecule is CCCCCCCCCCCCCC[Se]CCO. The van der Waals surface area contributed by atoms with Crippen molar-refractivity contribution < 1.29 is 5.11 Å². The molecule has 0 aliphatic carbocycles. The van der Waals surface area contributed by atoms with Gasteiger partial charge in [-0.3, -0.25) is 0 Å². The Kier molecular flexibility index (Phi) is 17.9. The maximum atomic E-state index is 8.67. The van der Waals surface area contributed by atoms with E-state index in [9.17, 15) is 0 Å². The molecule has 0 aromatic heterocycles. The molecule has 0 bridgehead atoms. The van der Waals surface area contributed by atoms with E-state index < -0.39 is 0 Å². The number of aliphatic hydroxyl groups is 1. The maximum absolute atomic E-state index is 8.67. The van der Waals surface area contributed by atoms with Gasteiger partial charge >= 0.3 is 108 Å². The van der Waals surface area contributed by atoms with Crippen LogP contribution in [0.3, 0.4) is 0 Å². The van der Waals surface area contributed by atoms with Gasteiger partial charge in [-0.15, -0.1) is 0 Å². The first kappa shape index (κ1) is 18.5. The van der Waals surface area contributed by atoms with Gasteiger partial charge in [0, 0.05) is 0 Å². The van der Waals surface area contributed by atoms with Crippen LogP contribution in [-0.2, 0) is 0 Å². The van der Waals surface area contributed by atoms with Crippen LogP contribution in [0.5, 0.6) is 0 Å². The van der Waals surface area contributed by atoms with Gasteiger partial charge in [-0.25, -0.2) is 0 Å². The molecule has 0 saturated heterocycles. The van der Waals surface area contributed by atoms with Crippen LogP contribution in [-0.4, -0.2) is 26.7 Å². The molecule has 1 nitrogen and oxygen atoms in total. The summed E-state index contributed by atoms with van der Waals surface area (Å²) in [6, 6.07) is 0. The Balaban J connectivity index is 2.86. The average Bonchev–Trinajstić information content (AvgIpc) is 2.39. The predicted octanol–water partition coefficient (Wildman–Crippen LogP) is 5.22. The molecular formula is C16H34OSe. The topological polar surface area (TPSA) is 20.2 Å². The minimum atomic E-state index is 0.401. The summed E-state index contributed by atoms with van der Waals surface area (Å²) in [7, 11) is 0. The van der Waals surface area contributed by atoms with Crippen molar-refractivity contribution in [1.29, 1.82) is 0 Å². The molecule has 18 heavy (non-hydrogen) atoms. The molecule has 0 fully saturated rings. The van der Waals surface area contributed by atoms with Gasteiger partial charge in [-0.1, -0.05) is 13.3 Å². The molecule has 0 aliphatic heterocycles. The normalized spacial score (nSPS) is 11.0. The monoisotopic (exact) mass is 322 g/mol. The Labute approximate surface area is 121 Å². The van der Waals surface area contributed by atoms with E-state index in [0.29, 0.717) is 21.6 Å². The van der Waals surface area contributed by atoms with Crippen LogP contribution in [0.4, 0.5) is 0 Å². The predicted molar refractivity (Wildman–Crippen MR) is 83.5 cm³/mol. The summed E-state index contributed by atoms with van der Waals surface area (Å²) in [5.41, 5.74) is 0. The summed E-state index contributed by atoms with van der Waals surface area (Å²) in [6.45, 7) is 2.68. The molecule has 0 heterocycles. The molecule has 0 radical (unpaired) electrons. The second kappa shape index (κ2) is 17.5. The zero-order chi connectivity index (χ0) is 13.3. The van der Waals surface area contributed by atoms with Crippen molar-refractivity contribution in [2.24, 2.45) is 0 Å². The third-order valence-corrected chi connectivity index (χ3v) is 5.58. The molecule has 0 spiro atoms. The van der Waals surface area contributed by atoms with Crippen LogP contribution in [0.1, 0.15) is 84.0 Å². The first-order valence-corrected chi connectivity index (χ1v) is 10.5. The molecule has 0 amide bonds. The number of hydrogen-bond acceptors (Lipinski definition) is 1. The van der Waals surface area contributed by atoms with E-state index in [1.165, 1.54) is 82.4 Å². The second-order valence-corrected chi connectivity index (χ2v) is 7.79. The van der Waals surface area contributed by atoms with E-state index in [1.807, 2.05) is 0 Å². The fourth-order valence-electron chi connectivity index (χ4n) is 2.21. The summed E-state index contributed by atoms with van der Waals surface area (Å²) in [5.74, 6) is 0. The van der Waals surface area contributed by atoms with E-state index in [4.69, 9.17) is 5.11 Å². The summed E-state index contributed by atoms with van der Waals surface area (Å²) in [6.07, 6.45) is 17.2. The van der Waals surface area contributed by atoms with Gasteiger partial charge in [-0.2, -0.15) is 0 Å². The van der Waals surface area contributed by atoms with Gasteiger partial charge in [0.2, 0.25) is 0 Å². The van der Waals surface area contributed by atoms with Crippen LogP contribution < -0.4 is 0 Å². The van der Waals surface area contributed by atoms with Gasteiger partial charge in [-0.05, 0) is 0 Å². The number of hydrogen-bond donors (Lipinski definition) is 1. The van der Waals surface area contributed by atoms with Crippen molar-refractivity contribution in [3.8, 4) is 0 Å². The molecule has 110 valence electrons. The van der Waals surface area contributed by atoms with E-state index >= 15 is 0 Å². The van der Waals surface area contributed by atoms with Crippen LogP contribution >= 0.6 is 0 Å². The number of aliphatic hydroxyl groups excluding tert-OH is 1. The molecule has 0 aromatic carbocycles. The van der Waals surface area contributed by atoms with Crippen molar-refractivity contribution in [2.75, 3.05) is 6.61 Å². The Hall–Kier alpha value is 0.479. The Bertz CT molecular complexity index is 123. The molecule has 0 aromatic rings. The summed E-state index contributed by atoms with van der Waals surface area (Å²) in [4.78, 5) is 0. The minimum absolute atomic E-state index is 0.401. The quantitative estimate of drug-likeness (QED) is 0.324. The third-order valence-electron chi connectivity index (χ3n) is 3.38. The Morgan fingerprint density at radius 3 is 1.50 bits per heavy atom. The third kappa shape index (κ3) is 16.5. The Morgan fingerprint density at radius 2 is 1.06 bits per heavy atom. The first-order chi connectivity index (χ1) is 8.91. The van der Waals surface area contributed by atoms with Crippen molar-refractivity contribution in [1.82, 2.24) is 0 Å². The molecule has 2 heteroatoms. The molecule has 0 aliphatic rings. The van der Waals surface area contributed by atoms with Gasteiger partial charge in [0.25, 0.3) is 0 Å². The zero-order valence-electron chi connectivity index (χ0n) is 12.5. The fourth-order valence-corrected chi connectivity index (χ4v) is 3.77. The Morgan fingerprint density at radius 1 is 0.611 bits per heavy atom. The molecule has 0 saturated carbocycles. The summed E-state index contributed by atoms with van der Waals surface area (Å²) < 4.78 is 0. The fraction of sp³-hybridized carbons (Fsp3) is 1.00. The van der Waals surface area contributed by atoms with E-state index in [2.05, 4.69) is 6.92 Å². The van der Waals surface area contributed by atoms with Gasteiger partial charge in [0.15, 0.2) is 0 Å². The van der Waals surface area contributed by atoms with Crippen LogP contribution in [0.25, 0.3) is 0 Å². The van der Waals surface area contributed by atoms with Crippen LogP contribution in [0.2, 0.25) is 10.6 Å². The summed E-state index contributed by atoms with van der Waals surface area (Å²) in [5, 5.41) is 11.1. The van der Waals surface area contributed by atoms with Gasteiger partial charge < -0.3 is 0 Å². The number of unbranched alkanes of at least 4 members (excludes halogenated alkanes) is 11. The average molecular weight is 321 g/mol. The van der Waals surface area contributed by atoms with E-state index in [0.717, 1.165) is 5.32 Å². The van der Waals surface area contributed by atoms with E-state index in [1.54, 1.807) is 0 Å². The van der Waals surface area contributed by atoms with Crippen LogP contribution in [0.15, 0.2) is 0 Å². The van der Waals surface area contributed by atoms with E-state index in [-0.39, 0.29) is 0 Å². The second-order valence-electron chi connectivity index (χ2n) is 5.23. The van der Waals surface area contributed by atoms with Crippen molar-refractivity contribution in [2.45, 2.75) is 94.6 Å². The van der Waals surface area contributed by atoms with Crippen LogP contribution in [0, 0.1) is 0 Å². The number of rotatable bonds is 15.